The standard InChI is InChI=1S/C11H12ClF3N2O2/c1-2-19-10(18)8(16)4-6-3-7(11(13,14)15)5-17-9(6)12/h3,5,8H,2,4,16H2,1H3. The zero-order valence-corrected chi connectivity index (χ0v) is 10.8. The Morgan fingerprint density at radius 1 is 1.58 bits per heavy atom. The Morgan fingerprint density at radius 2 is 2.21 bits per heavy atom. The van der Waals surface area contributed by atoms with E-state index in [0.717, 1.165) is 6.07 Å². The van der Waals surface area contributed by atoms with Gasteiger partial charge in [0, 0.05) is 12.6 Å². The highest BCUT2D eigenvalue weighted by Crippen LogP contribution is 2.30. The van der Waals surface area contributed by atoms with Crippen LogP contribution in [0.2, 0.25) is 5.15 Å². The van der Waals surface area contributed by atoms with Crippen LogP contribution in [0.3, 0.4) is 0 Å². The Balaban J connectivity index is 2.91. The Hall–Kier alpha value is -1.34. The second kappa shape index (κ2) is 6.21. The number of alkyl halides is 3. The molecule has 1 aromatic heterocycles. The number of nitrogens with zero attached hydrogens (tertiary/aromatic N) is 1. The van der Waals surface area contributed by atoms with Gasteiger partial charge in [0.2, 0.25) is 0 Å². The second-order valence-corrected chi connectivity index (χ2v) is 4.09. The number of aromatic nitrogens is 1. The molecule has 0 amide bonds. The first-order chi connectivity index (χ1) is 8.75. The number of hydrogen-bond acceptors (Lipinski definition) is 4. The minimum atomic E-state index is -4.53. The molecule has 0 fully saturated rings. The molecular formula is C11H12ClF3N2O2. The minimum absolute atomic E-state index is 0.0528. The third-order valence-corrected chi connectivity index (χ3v) is 2.61. The fourth-order valence-corrected chi connectivity index (χ4v) is 1.54. The van der Waals surface area contributed by atoms with Crippen molar-refractivity contribution in [1.29, 1.82) is 0 Å². The molecular weight excluding hydrogens is 285 g/mol. The fraction of sp³-hybridized carbons (Fsp3) is 0.455. The first kappa shape index (κ1) is 15.7. The van der Waals surface area contributed by atoms with Gasteiger partial charge in [-0.1, -0.05) is 11.6 Å². The van der Waals surface area contributed by atoms with Crippen LogP contribution in [0, 0.1) is 0 Å². The van der Waals surface area contributed by atoms with Gasteiger partial charge in [-0.2, -0.15) is 13.2 Å². The molecule has 2 N–H and O–H groups in total. The van der Waals surface area contributed by atoms with E-state index in [0.29, 0.717) is 6.20 Å². The SMILES string of the molecule is CCOC(=O)C(N)Cc1cc(C(F)(F)F)cnc1Cl. The van der Waals surface area contributed by atoms with Crippen LogP contribution in [-0.4, -0.2) is 23.6 Å². The maximum absolute atomic E-state index is 12.5. The Morgan fingerprint density at radius 3 is 2.74 bits per heavy atom. The number of halogens is 4. The number of hydrogen-bond donors (Lipinski definition) is 1. The topological polar surface area (TPSA) is 65.2 Å². The summed E-state index contributed by atoms with van der Waals surface area (Å²) in [6.45, 7) is 1.74. The van der Waals surface area contributed by atoms with E-state index in [4.69, 9.17) is 17.3 Å². The molecule has 0 spiro atoms. The number of ether oxygens (including phenoxy) is 1. The molecule has 1 aromatic rings. The van der Waals surface area contributed by atoms with Crippen molar-refractivity contribution >= 4 is 17.6 Å². The highest BCUT2D eigenvalue weighted by Gasteiger charge is 2.32. The van der Waals surface area contributed by atoms with E-state index in [1.54, 1.807) is 6.92 Å². The predicted molar refractivity (Wildman–Crippen MR) is 62.6 cm³/mol. The van der Waals surface area contributed by atoms with E-state index in [9.17, 15) is 18.0 Å². The largest absolute Gasteiger partial charge is 0.465 e. The molecule has 19 heavy (non-hydrogen) atoms. The summed E-state index contributed by atoms with van der Waals surface area (Å²) in [6.07, 6.45) is -4.07. The number of rotatable bonds is 4. The maximum Gasteiger partial charge on any atom is 0.417 e. The lowest BCUT2D eigenvalue weighted by atomic mass is 10.1. The summed E-state index contributed by atoms with van der Waals surface area (Å²) in [7, 11) is 0. The van der Waals surface area contributed by atoms with Crippen LogP contribution in [0.5, 0.6) is 0 Å². The highest BCUT2D eigenvalue weighted by atomic mass is 35.5. The summed E-state index contributed by atoms with van der Waals surface area (Å²) in [5.74, 6) is -0.698. The van der Waals surface area contributed by atoms with Gasteiger partial charge < -0.3 is 10.5 Å². The molecule has 1 rings (SSSR count). The van der Waals surface area contributed by atoms with Crippen molar-refractivity contribution in [2.75, 3.05) is 6.61 Å². The van der Waals surface area contributed by atoms with E-state index in [1.807, 2.05) is 0 Å². The molecule has 4 nitrogen and oxygen atoms in total. The lowest BCUT2D eigenvalue weighted by Gasteiger charge is -2.13. The highest BCUT2D eigenvalue weighted by molar-refractivity contribution is 6.30. The minimum Gasteiger partial charge on any atom is -0.465 e. The molecule has 0 radical (unpaired) electrons. The van der Waals surface area contributed by atoms with Gasteiger partial charge in [-0.15, -0.1) is 0 Å². The summed E-state index contributed by atoms with van der Waals surface area (Å²) < 4.78 is 42.2. The summed E-state index contributed by atoms with van der Waals surface area (Å²) in [4.78, 5) is 14.7. The number of carbonyl (C=O) groups is 1. The number of esters is 1. The van der Waals surface area contributed by atoms with Gasteiger partial charge in [-0.05, 0) is 18.6 Å². The third kappa shape index (κ3) is 4.36. The lowest BCUT2D eigenvalue weighted by Crippen LogP contribution is -2.34. The van der Waals surface area contributed by atoms with Crippen molar-refractivity contribution in [2.45, 2.75) is 25.6 Å². The normalized spacial score (nSPS) is 13.2. The summed E-state index contributed by atoms with van der Waals surface area (Å²) >= 11 is 5.69. The molecule has 0 aromatic carbocycles. The first-order valence-electron chi connectivity index (χ1n) is 5.39. The third-order valence-electron chi connectivity index (χ3n) is 2.27. The zero-order valence-electron chi connectivity index (χ0n) is 10.00. The van der Waals surface area contributed by atoms with Crippen molar-refractivity contribution in [2.24, 2.45) is 5.73 Å². The van der Waals surface area contributed by atoms with Crippen LogP contribution in [-0.2, 0) is 22.1 Å². The van der Waals surface area contributed by atoms with Crippen molar-refractivity contribution < 1.29 is 22.7 Å². The van der Waals surface area contributed by atoms with Crippen LogP contribution in [0.25, 0.3) is 0 Å². The van der Waals surface area contributed by atoms with Gasteiger partial charge in [0.1, 0.15) is 11.2 Å². The molecule has 0 aliphatic heterocycles. The molecule has 8 heteroatoms. The fourth-order valence-electron chi connectivity index (χ4n) is 1.36. The summed E-state index contributed by atoms with van der Waals surface area (Å²) in [5, 5.41) is -0.118. The van der Waals surface area contributed by atoms with Gasteiger partial charge in [-0.25, -0.2) is 4.98 Å². The van der Waals surface area contributed by atoms with E-state index >= 15 is 0 Å². The quantitative estimate of drug-likeness (QED) is 0.683. The molecule has 0 bridgehead atoms. The van der Waals surface area contributed by atoms with Crippen molar-refractivity contribution in [1.82, 2.24) is 4.98 Å². The van der Waals surface area contributed by atoms with Gasteiger partial charge in [0.15, 0.2) is 0 Å². The molecule has 0 saturated heterocycles. The number of nitrogens with two attached hydrogens (primary N) is 1. The average Bonchev–Trinajstić information content (AvgIpc) is 2.30. The summed E-state index contributed by atoms with van der Waals surface area (Å²) in [6, 6.07) is -0.253. The van der Waals surface area contributed by atoms with Crippen molar-refractivity contribution in [3.05, 3.63) is 28.5 Å². The van der Waals surface area contributed by atoms with Crippen LogP contribution in [0.4, 0.5) is 13.2 Å². The zero-order chi connectivity index (χ0) is 14.6. The number of carbonyl (C=O) groups excluding carboxylic acids is 1. The van der Waals surface area contributed by atoms with Crippen LogP contribution < -0.4 is 5.73 Å². The molecule has 0 aliphatic rings. The Kier molecular flexibility index (Phi) is 5.13. The number of pyridine rings is 1. The molecule has 0 aliphatic carbocycles. The first-order valence-corrected chi connectivity index (χ1v) is 5.77. The van der Waals surface area contributed by atoms with Crippen molar-refractivity contribution in [3.8, 4) is 0 Å². The molecule has 1 unspecified atom stereocenters. The Bertz CT molecular complexity index is 466. The molecule has 0 saturated carbocycles. The van der Waals surface area contributed by atoms with Crippen LogP contribution in [0.15, 0.2) is 12.3 Å². The van der Waals surface area contributed by atoms with Gasteiger partial charge in [0.25, 0.3) is 0 Å². The molecule has 106 valence electrons. The van der Waals surface area contributed by atoms with E-state index in [-0.39, 0.29) is 23.7 Å². The van der Waals surface area contributed by atoms with E-state index < -0.39 is 23.8 Å². The van der Waals surface area contributed by atoms with Gasteiger partial charge in [0.05, 0.1) is 12.2 Å². The van der Waals surface area contributed by atoms with Crippen LogP contribution >= 0.6 is 11.6 Å². The Labute approximate surface area is 112 Å². The predicted octanol–water partition coefficient (Wildman–Crippen LogP) is 2.19. The molecule has 1 heterocycles. The maximum atomic E-state index is 12.5. The molecule has 1 atom stereocenters. The lowest BCUT2D eigenvalue weighted by molar-refractivity contribution is -0.144. The van der Waals surface area contributed by atoms with Gasteiger partial charge >= 0.3 is 12.1 Å². The monoisotopic (exact) mass is 296 g/mol. The van der Waals surface area contributed by atoms with E-state index in [1.165, 1.54) is 0 Å². The van der Waals surface area contributed by atoms with Gasteiger partial charge in [-0.3, -0.25) is 4.79 Å². The second-order valence-electron chi connectivity index (χ2n) is 3.73. The van der Waals surface area contributed by atoms with Crippen molar-refractivity contribution in [3.63, 3.8) is 0 Å². The smallest absolute Gasteiger partial charge is 0.417 e. The van der Waals surface area contributed by atoms with E-state index in [2.05, 4.69) is 9.72 Å². The van der Waals surface area contributed by atoms with Crippen LogP contribution in [0.1, 0.15) is 18.1 Å². The average molecular weight is 297 g/mol. The summed E-state index contributed by atoms with van der Waals surface area (Å²) in [5.41, 5.74) is 4.63.